The fraction of sp³-hybridized carbons (Fsp3) is 0.755. The molecule has 9 unspecified atom stereocenters. The van der Waals surface area contributed by atoms with Crippen LogP contribution >= 0.6 is 0 Å². The lowest BCUT2D eigenvalue weighted by Crippen LogP contribution is -2.71. The highest BCUT2D eigenvalue weighted by Crippen LogP contribution is 2.35. The maximum absolute atomic E-state index is 13.8. The van der Waals surface area contributed by atoms with Gasteiger partial charge in [-0.1, -0.05) is 51.3 Å². The van der Waals surface area contributed by atoms with Gasteiger partial charge in [0.25, 0.3) is 5.91 Å². The van der Waals surface area contributed by atoms with Crippen LogP contribution in [-0.2, 0) is 47.5 Å². The summed E-state index contributed by atoms with van der Waals surface area (Å²) < 4.78 is 48.0. The molecule has 4 saturated heterocycles. The number of ether oxygens (including phenoxy) is 8. The van der Waals surface area contributed by atoms with Crippen molar-refractivity contribution in [2.75, 3.05) is 26.4 Å². The fourth-order valence-corrected chi connectivity index (χ4v) is 9.40. The molecule has 0 spiro atoms. The molecule has 4 fully saturated rings. The van der Waals surface area contributed by atoms with E-state index in [9.17, 15) is 65.1 Å². The topological polar surface area (TPSA) is 372 Å². The van der Waals surface area contributed by atoms with Gasteiger partial charge in [0.15, 0.2) is 25.2 Å². The zero-order valence-corrected chi connectivity index (χ0v) is 42.4. The second-order valence-electron chi connectivity index (χ2n) is 18.9. The first-order chi connectivity index (χ1) is 35.4. The molecule has 0 bridgehead atoms. The smallest absolute Gasteiger partial charge is 0.251 e. The minimum absolute atomic E-state index is 0.0917. The van der Waals surface area contributed by atoms with Gasteiger partial charge in [0.1, 0.15) is 97.1 Å². The molecule has 20 atom stereocenters. The molecule has 4 amide bonds. The van der Waals surface area contributed by atoms with Crippen molar-refractivity contribution >= 4 is 23.6 Å². The van der Waals surface area contributed by atoms with E-state index in [0.29, 0.717) is 12.4 Å². The van der Waals surface area contributed by atoms with E-state index in [-0.39, 0.29) is 12.0 Å². The van der Waals surface area contributed by atoms with Gasteiger partial charge in [0.2, 0.25) is 17.7 Å². The quantitative estimate of drug-likeness (QED) is 0.0348. The van der Waals surface area contributed by atoms with Crippen molar-refractivity contribution in [3.63, 3.8) is 0 Å². The Balaban J connectivity index is 1.32. The van der Waals surface area contributed by atoms with Crippen molar-refractivity contribution in [1.82, 2.24) is 21.3 Å². The van der Waals surface area contributed by atoms with Crippen molar-refractivity contribution in [1.29, 1.82) is 0 Å². The van der Waals surface area contributed by atoms with E-state index in [0.717, 1.165) is 46.5 Å². The molecule has 5 rings (SSSR count). The number of allylic oxidation sites excluding steroid dienone is 2. The van der Waals surface area contributed by atoms with Crippen LogP contribution in [0.15, 0.2) is 36.4 Å². The number of hydrogen-bond donors (Lipinski definition) is 13. The lowest BCUT2D eigenvalue weighted by atomic mass is 9.92. The van der Waals surface area contributed by atoms with Gasteiger partial charge in [-0.2, -0.15) is 0 Å². The van der Waals surface area contributed by atoms with Gasteiger partial charge in [0, 0.05) is 26.3 Å². The van der Waals surface area contributed by atoms with Crippen molar-refractivity contribution in [2.24, 2.45) is 0 Å². The first-order valence-corrected chi connectivity index (χ1v) is 25.4. The highest BCUT2D eigenvalue weighted by molar-refractivity contribution is 5.94. The van der Waals surface area contributed by atoms with Crippen LogP contribution < -0.4 is 26.0 Å². The highest BCUT2D eigenvalue weighted by atomic mass is 16.8. The lowest BCUT2D eigenvalue weighted by molar-refractivity contribution is -0.361. The summed E-state index contributed by atoms with van der Waals surface area (Å²) >= 11 is 0. The highest BCUT2D eigenvalue weighted by Gasteiger charge is 2.56. The summed E-state index contributed by atoms with van der Waals surface area (Å²) in [6.07, 6.45) is -14.4. The van der Waals surface area contributed by atoms with E-state index in [4.69, 9.17) is 37.9 Å². The van der Waals surface area contributed by atoms with Gasteiger partial charge in [0.05, 0.1) is 32.5 Å². The number of aliphatic hydroxyl groups is 9. The molecular formula is C49H78N4O21. The zero-order valence-electron chi connectivity index (χ0n) is 42.4. The Morgan fingerprint density at radius 3 is 1.53 bits per heavy atom. The summed E-state index contributed by atoms with van der Waals surface area (Å²) in [6.45, 7) is 4.93. The minimum Gasteiger partial charge on any atom is -0.494 e. The molecular weight excluding hydrogens is 981 g/mol. The maximum Gasteiger partial charge on any atom is 0.251 e. The number of nitrogens with one attached hydrogen (secondary N) is 4. The van der Waals surface area contributed by atoms with Crippen LogP contribution in [0.4, 0.5) is 0 Å². The molecule has 4 aliphatic rings. The first kappa shape index (κ1) is 60.9. The van der Waals surface area contributed by atoms with Crippen LogP contribution in [0.1, 0.15) is 96.3 Å². The largest absolute Gasteiger partial charge is 0.494 e. The summed E-state index contributed by atoms with van der Waals surface area (Å²) in [5, 5.41) is 109. The van der Waals surface area contributed by atoms with Crippen molar-refractivity contribution in [3.05, 3.63) is 42.0 Å². The Hall–Kier alpha value is -4.00. The SMILES string of the molecule is CCCCCC/C=C\CCCOc1cccc(C(=O)NC2[C@H](O[C@H]3C(O)C(NC(C)=O)[C@@H](O[C@H]4C(CO)O[C@@H](O[C@H]5C(O)C(NC(C)=O)C(O)O[C@@H]5CC)C(NC(C)=O)[C@H]4O)O[C@@H]3CO)OC(CO)[C@H](O)[C@@H]2O)c1. The standard InChI is InChI=1S/C49H78N4O21/c1-6-8-9-10-11-12-13-14-15-19-67-28-18-16-17-27(20-28)45(65)53-34-38(61)37(60)30(21-54)69-47(34)73-43-31(22-55)71-49(36(41(43)64)52-26(5)59)74-44-32(23-56)70-48(35(40(44)63)51-25(4)58)72-42-29(7-2)68-46(66)33(39(42)62)50-24(3)57/h12-13,16-18,20,29-44,46-49,54-56,60-64,66H,6-11,14-15,19,21-23H2,1-5H3,(H,50,57)(H,51,58)(H,52,59)(H,53,65)/b13-12-/t29-,30?,31-,32?,33?,34?,35?,36?,37+,38-,39?,40-,41?,42-,43-,44+,46?,47+,48+,49-/m1/s1. The van der Waals surface area contributed by atoms with Crippen LogP contribution in [0.2, 0.25) is 0 Å². The summed E-state index contributed by atoms with van der Waals surface area (Å²) in [7, 11) is 0. The number of unbranched alkanes of at least 4 members (excludes halogenated alkanes) is 5. The minimum atomic E-state index is -1.91. The van der Waals surface area contributed by atoms with Crippen LogP contribution in [0.3, 0.4) is 0 Å². The zero-order chi connectivity index (χ0) is 54.2. The molecule has 25 heteroatoms. The average molecular weight is 1060 g/mol. The van der Waals surface area contributed by atoms with E-state index in [2.05, 4.69) is 40.3 Å². The molecule has 74 heavy (non-hydrogen) atoms. The van der Waals surface area contributed by atoms with Crippen LogP contribution in [0, 0.1) is 0 Å². The van der Waals surface area contributed by atoms with Crippen LogP contribution in [0.5, 0.6) is 5.75 Å². The molecule has 0 radical (unpaired) electrons. The molecule has 13 N–H and O–H groups in total. The van der Waals surface area contributed by atoms with E-state index < -0.39 is 166 Å². The third-order valence-electron chi connectivity index (χ3n) is 13.2. The van der Waals surface area contributed by atoms with Crippen LogP contribution in [-0.4, -0.2) is 219 Å². The Labute approximate surface area is 429 Å². The number of hydrogen-bond acceptors (Lipinski definition) is 21. The third kappa shape index (κ3) is 16.0. The maximum atomic E-state index is 13.8. The Morgan fingerprint density at radius 1 is 0.554 bits per heavy atom. The number of carbonyl (C=O) groups excluding carboxylic acids is 4. The van der Waals surface area contributed by atoms with Crippen molar-refractivity contribution < 1.29 is 103 Å². The normalized spacial score (nSPS) is 36.5. The Bertz CT molecular complexity index is 1950. The van der Waals surface area contributed by atoms with E-state index in [1.807, 2.05) is 0 Å². The third-order valence-corrected chi connectivity index (χ3v) is 13.2. The molecule has 0 aromatic heterocycles. The van der Waals surface area contributed by atoms with Gasteiger partial charge in [-0.15, -0.1) is 0 Å². The number of amides is 4. The second kappa shape index (κ2) is 29.5. The summed E-state index contributed by atoms with van der Waals surface area (Å²) in [5.41, 5.74) is 0.0917. The number of aliphatic hydroxyl groups excluding tert-OH is 9. The predicted molar refractivity (Wildman–Crippen MR) is 256 cm³/mol. The van der Waals surface area contributed by atoms with Gasteiger partial charge in [-0.25, -0.2) is 0 Å². The summed E-state index contributed by atoms with van der Waals surface area (Å²) in [4.78, 5) is 51.0. The van der Waals surface area contributed by atoms with Gasteiger partial charge < -0.3 is 105 Å². The van der Waals surface area contributed by atoms with Crippen molar-refractivity contribution in [3.8, 4) is 5.75 Å². The molecule has 25 nitrogen and oxygen atoms in total. The fourth-order valence-electron chi connectivity index (χ4n) is 9.40. The monoisotopic (exact) mass is 1060 g/mol. The molecule has 1 aromatic carbocycles. The molecule has 0 saturated carbocycles. The summed E-state index contributed by atoms with van der Waals surface area (Å²) in [6, 6.07) is 0.0772. The average Bonchev–Trinajstić information content (AvgIpc) is 3.36. The second-order valence-corrected chi connectivity index (χ2v) is 18.9. The molecule has 420 valence electrons. The van der Waals surface area contributed by atoms with Crippen LogP contribution in [0.25, 0.3) is 0 Å². The Morgan fingerprint density at radius 2 is 1.03 bits per heavy atom. The molecule has 1 aromatic rings. The van der Waals surface area contributed by atoms with E-state index in [1.165, 1.54) is 31.4 Å². The van der Waals surface area contributed by atoms with Gasteiger partial charge in [-0.05, 0) is 50.3 Å². The first-order valence-electron chi connectivity index (χ1n) is 25.4. The van der Waals surface area contributed by atoms with Crippen molar-refractivity contribution in [2.45, 2.75) is 209 Å². The number of carbonyl (C=O) groups is 4. The molecule has 4 aliphatic heterocycles. The van der Waals surface area contributed by atoms with E-state index >= 15 is 0 Å². The Kier molecular flexibility index (Phi) is 24.3. The van der Waals surface area contributed by atoms with E-state index in [1.54, 1.807) is 19.1 Å². The number of benzene rings is 1. The molecule has 0 aliphatic carbocycles. The van der Waals surface area contributed by atoms with Gasteiger partial charge >= 0.3 is 0 Å². The lowest BCUT2D eigenvalue weighted by Gasteiger charge is -2.51. The number of rotatable bonds is 25. The molecule has 4 heterocycles. The predicted octanol–water partition coefficient (Wildman–Crippen LogP) is -2.78. The summed E-state index contributed by atoms with van der Waals surface area (Å²) in [5.74, 6) is -2.43. The van der Waals surface area contributed by atoms with Gasteiger partial charge in [-0.3, -0.25) is 19.2 Å².